The first-order chi connectivity index (χ1) is 18.5. The van der Waals surface area contributed by atoms with Crippen LogP contribution < -0.4 is 5.56 Å². The van der Waals surface area contributed by atoms with Gasteiger partial charge in [-0.15, -0.1) is 0 Å². The van der Waals surface area contributed by atoms with E-state index in [0.29, 0.717) is 41.8 Å². The monoisotopic (exact) mass is 529 g/mol. The SMILES string of the molecule is CCC(c1nc2ccccc2c(=O)n1-c1ccc(F)c(Cl)c1)N(CCc1ccccc1)C(=O)c1ccco1. The van der Waals surface area contributed by atoms with Crippen LogP contribution in [0.2, 0.25) is 5.02 Å². The van der Waals surface area contributed by atoms with Crippen LogP contribution in [0.4, 0.5) is 4.39 Å². The molecule has 3 aromatic carbocycles. The lowest BCUT2D eigenvalue weighted by Gasteiger charge is -2.32. The molecular formula is C30H25ClFN3O3. The summed E-state index contributed by atoms with van der Waals surface area (Å²) in [5.41, 5.74) is 1.60. The zero-order valence-electron chi connectivity index (χ0n) is 20.7. The van der Waals surface area contributed by atoms with Gasteiger partial charge < -0.3 is 9.32 Å². The molecule has 192 valence electrons. The highest BCUT2D eigenvalue weighted by atomic mass is 35.5. The third-order valence-electron chi connectivity index (χ3n) is 6.50. The Hall–Kier alpha value is -4.23. The van der Waals surface area contributed by atoms with Crippen LogP contribution in [0.1, 0.15) is 41.3 Å². The van der Waals surface area contributed by atoms with Gasteiger partial charge in [0.15, 0.2) is 5.76 Å². The highest BCUT2D eigenvalue weighted by Gasteiger charge is 2.31. The van der Waals surface area contributed by atoms with Crippen LogP contribution in [0.25, 0.3) is 16.6 Å². The van der Waals surface area contributed by atoms with Gasteiger partial charge in [-0.1, -0.05) is 61.0 Å². The summed E-state index contributed by atoms with van der Waals surface area (Å²) in [4.78, 5) is 34.1. The summed E-state index contributed by atoms with van der Waals surface area (Å²) < 4.78 is 20.9. The van der Waals surface area contributed by atoms with E-state index in [9.17, 15) is 14.0 Å². The van der Waals surface area contributed by atoms with Gasteiger partial charge >= 0.3 is 0 Å². The van der Waals surface area contributed by atoms with E-state index in [2.05, 4.69) is 0 Å². The minimum absolute atomic E-state index is 0.117. The molecule has 0 saturated carbocycles. The molecule has 1 unspecified atom stereocenters. The third kappa shape index (κ3) is 4.97. The second kappa shape index (κ2) is 11.0. The first-order valence-electron chi connectivity index (χ1n) is 12.3. The Balaban J connectivity index is 1.69. The van der Waals surface area contributed by atoms with E-state index in [1.807, 2.05) is 37.3 Å². The van der Waals surface area contributed by atoms with E-state index >= 15 is 0 Å². The fraction of sp³-hybridized carbons (Fsp3) is 0.167. The summed E-state index contributed by atoms with van der Waals surface area (Å²) in [5.74, 6) is -0.366. The average Bonchev–Trinajstić information content (AvgIpc) is 3.48. The first kappa shape index (κ1) is 25.4. The molecule has 0 N–H and O–H groups in total. The molecule has 0 spiro atoms. The van der Waals surface area contributed by atoms with Crippen molar-refractivity contribution in [2.75, 3.05) is 6.54 Å². The van der Waals surface area contributed by atoms with E-state index in [4.69, 9.17) is 21.0 Å². The predicted molar refractivity (Wildman–Crippen MR) is 145 cm³/mol. The summed E-state index contributed by atoms with van der Waals surface area (Å²) in [6, 6.07) is 23.6. The summed E-state index contributed by atoms with van der Waals surface area (Å²) in [5, 5.41) is 0.286. The van der Waals surface area contributed by atoms with Crippen LogP contribution >= 0.6 is 11.6 Å². The Morgan fingerprint density at radius 1 is 1.05 bits per heavy atom. The molecule has 0 saturated heterocycles. The van der Waals surface area contributed by atoms with Crippen LogP contribution in [-0.4, -0.2) is 26.9 Å². The zero-order chi connectivity index (χ0) is 26.6. The van der Waals surface area contributed by atoms with Crippen LogP contribution in [0.3, 0.4) is 0 Å². The number of hydrogen-bond acceptors (Lipinski definition) is 4. The number of para-hydroxylation sites is 1. The molecule has 0 fully saturated rings. The van der Waals surface area contributed by atoms with Gasteiger partial charge in [-0.05, 0) is 60.9 Å². The number of hydrogen-bond donors (Lipinski definition) is 0. The minimum atomic E-state index is -0.600. The van der Waals surface area contributed by atoms with Gasteiger partial charge in [0.05, 0.1) is 33.9 Å². The van der Waals surface area contributed by atoms with Crippen molar-refractivity contribution >= 4 is 28.4 Å². The molecule has 6 nitrogen and oxygen atoms in total. The number of fused-ring (bicyclic) bond motifs is 1. The number of benzene rings is 3. The maximum absolute atomic E-state index is 14.0. The quantitative estimate of drug-likeness (QED) is 0.227. The molecule has 38 heavy (non-hydrogen) atoms. The van der Waals surface area contributed by atoms with E-state index in [1.165, 1.54) is 29.0 Å². The third-order valence-corrected chi connectivity index (χ3v) is 6.79. The molecule has 0 bridgehead atoms. The lowest BCUT2D eigenvalue weighted by molar-refractivity contribution is 0.0629. The highest BCUT2D eigenvalue weighted by Crippen LogP contribution is 2.29. The molecule has 0 radical (unpaired) electrons. The molecular weight excluding hydrogens is 505 g/mol. The number of furan rings is 1. The van der Waals surface area contributed by atoms with Crippen LogP contribution in [0.15, 0.2) is 100 Å². The molecule has 1 amide bonds. The standard InChI is InChI=1S/C30H25ClFN3O3/c1-2-26(34(30(37)27-13-8-18-38-27)17-16-20-9-4-3-5-10-20)28-33-25-12-7-6-11-22(25)29(36)35(28)21-14-15-24(32)23(31)19-21/h3-15,18-19,26H,2,16-17H2,1H3. The van der Waals surface area contributed by atoms with Crippen LogP contribution in [0.5, 0.6) is 0 Å². The van der Waals surface area contributed by atoms with Gasteiger partial charge in [0.25, 0.3) is 11.5 Å². The largest absolute Gasteiger partial charge is 0.459 e. The summed E-state index contributed by atoms with van der Waals surface area (Å²) in [7, 11) is 0. The summed E-state index contributed by atoms with van der Waals surface area (Å²) >= 11 is 6.11. The van der Waals surface area contributed by atoms with E-state index in [1.54, 1.807) is 41.3 Å². The summed E-state index contributed by atoms with van der Waals surface area (Å²) in [6.45, 7) is 2.29. The van der Waals surface area contributed by atoms with E-state index in [0.717, 1.165) is 5.56 Å². The number of rotatable bonds is 8. The van der Waals surface area contributed by atoms with Crippen molar-refractivity contribution < 1.29 is 13.6 Å². The predicted octanol–water partition coefficient (Wildman–Crippen LogP) is 6.61. The number of nitrogens with zero attached hydrogens (tertiary/aromatic N) is 3. The fourth-order valence-corrected chi connectivity index (χ4v) is 4.80. The number of halogens is 2. The Labute approximate surface area is 223 Å². The molecule has 8 heteroatoms. The molecule has 0 aliphatic heterocycles. The van der Waals surface area contributed by atoms with Gasteiger partial charge in [0.1, 0.15) is 11.6 Å². The van der Waals surface area contributed by atoms with Gasteiger partial charge in [-0.3, -0.25) is 14.2 Å². The molecule has 0 aliphatic rings. The number of carbonyl (C=O) groups excluding carboxylic acids is 1. The molecule has 1 atom stereocenters. The lowest BCUT2D eigenvalue weighted by Crippen LogP contribution is -2.39. The Morgan fingerprint density at radius 3 is 2.53 bits per heavy atom. The van der Waals surface area contributed by atoms with Crippen molar-refractivity contribution in [3.63, 3.8) is 0 Å². The Bertz CT molecular complexity index is 1630. The smallest absolute Gasteiger partial charge is 0.290 e. The second-order valence-corrected chi connectivity index (χ2v) is 9.27. The lowest BCUT2D eigenvalue weighted by atomic mass is 10.1. The normalized spacial score (nSPS) is 12.0. The van der Waals surface area contributed by atoms with E-state index < -0.39 is 11.9 Å². The molecule has 5 rings (SSSR count). The van der Waals surface area contributed by atoms with Gasteiger partial charge in [-0.25, -0.2) is 9.37 Å². The van der Waals surface area contributed by atoms with Crippen molar-refractivity contribution in [2.24, 2.45) is 0 Å². The number of amides is 1. The minimum Gasteiger partial charge on any atom is -0.459 e. The number of carbonyl (C=O) groups is 1. The Morgan fingerprint density at radius 2 is 1.82 bits per heavy atom. The van der Waals surface area contributed by atoms with Crippen molar-refractivity contribution in [3.8, 4) is 5.69 Å². The Kier molecular flexibility index (Phi) is 7.38. The number of aromatic nitrogens is 2. The average molecular weight is 530 g/mol. The topological polar surface area (TPSA) is 68.3 Å². The molecule has 0 aliphatic carbocycles. The van der Waals surface area contributed by atoms with E-state index in [-0.39, 0.29) is 22.2 Å². The molecule has 2 heterocycles. The maximum Gasteiger partial charge on any atom is 0.290 e. The molecule has 2 aromatic heterocycles. The van der Waals surface area contributed by atoms with Crippen LogP contribution in [-0.2, 0) is 6.42 Å². The van der Waals surface area contributed by atoms with Crippen molar-refractivity contribution in [3.05, 3.63) is 130 Å². The zero-order valence-corrected chi connectivity index (χ0v) is 21.4. The second-order valence-electron chi connectivity index (χ2n) is 8.86. The van der Waals surface area contributed by atoms with Gasteiger partial charge in [0, 0.05) is 6.54 Å². The highest BCUT2D eigenvalue weighted by molar-refractivity contribution is 6.30. The summed E-state index contributed by atoms with van der Waals surface area (Å²) in [6.07, 6.45) is 2.50. The van der Waals surface area contributed by atoms with Gasteiger partial charge in [0.2, 0.25) is 0 Å². The van der Waals surface area contributed by atoms with Gasteiger partial charge in [-0.2, -0.15) is 0 Å². The fourth-order valence-electron chi connectivity index (χ4n) is 4.62. The van der Waals surface area contributed by atoms with Crippen molar-refractivity contribution in [1.29, 1.82) is 0 Å². The van der Waals surface area contributed by atoms with Crippen molar-refractivity contribution in [2.45, 2.75) is 25.8 Å². The first-order valence-corrected chi connectivity index (χ1v) is 12.7. The van der Waals surface area contributed by atoms with Crippen LogP contribution in [0, 0.1) is 5.82 Å². The molecule has 5 aromatic rings. The maximum atomic E-state index is 14.0. The van der Waals surface area contributed by atoms with Crippen molar-refractivity contribution in [1.82, 2.24) is 14.5 Å².